The lowest BCUT2D eigenvalue weighted by molar-refractivity contribution is 0.219. The Kier molecular flexibility index (Phi) is 4.47. The molecule has 1 aromatic rings. The summed E-state index contributed by atoms with van der Waals surface area (Å²) in [7, 11) is 0. The summed E-state index contributed by atoms with van der Waals surface area (Å²) >= 11 is 5.94. The van der Waals surface area contributed by atoms with Gasteiger partial charge in [-0.2, -0.15) is 0 Å². The fourth-order valence-electron chi connectivity index (χ4n) is 3.21. The van der Waals surface area contributed by atoms with E-state index in [1.165, 1.54) is 31.2 Å². The molecule has 94 valence electrons. The number of hydrogen-bond acceptors (Lipinski definition) is 1. The molecule has 0 spiro atoms. The molecule has 0 bridgehead atoms. The van der Waals surface area contributed by atoms with Crippen LogP contribution >= 0.6 is 11.6 Å². The van der Waals surface area contributed by atoms with Gasteiger partial charge in [-0.1, -0.05) is 49.9 Å². The van der Waals surface area contributed by atoms with Crippen molar-refractivity contribution in [3.63, 3.8) is 0 Å². The smallest absolute Gasteiger partial charge is 0.0406 e. The molecule has 1 nitrogen and oxygen atoms in total. The lowest BCUT2D eigenvalue weighted by atomic mass is 9.71. The Morgan fingerprint density at radius 3 is 2.47 bits per heavy atom. The molecule has 0 saturated heterocycles. The average molecular weight is 252 g/mol. The van der Waals surface area contributed by atoms with Crippen LogP contribution in [0.2, 0.25) is 5.02 Å². The quantitative estimate of drug-likeness (QED) is 0.856. The second-order valence-electron chi connectivity index (χ2n) is 5.32. The summed E-state index contributed by atoms with van der Waals surface area (Å²) in [6.07, 6.45) is 5.43. The van der Waals surface area contributed by atoms with Crippen molar-refractivity contribution in [1.29, 1.82) is 0 Å². The Bertz CT molecular complexity index is 346. The zero-order valence-electron chi connectivity index (χ0n) is 10.5. The number of hydrogen-bond donors (Lipinski definition) is 1. The Morgan fingerprint density at radius 1 is 1.24 bits per heavy atom. The van der Waals surface area contributed by atoms with Crippen LogP contribution in [0.15, 0.2) is 24.3 Å². The monoisotopic (exact) mass is 251 g/mol. The van der Waals surface area contributed by atoms with E-state index in [4.69, 9.17) is 17.3 Å². The van der Waals surface area contributed by atoms with Crippen LogP contribution in [-0.2, 0) is 0 Å². The zero-order chi connectivity index (χ0) is 12.3. The van der Waals surface area contributed by atoms with Gasteiger partial charge in [-0.3, -0.25) is 0 Å². The van der Waals surface area contributed by atoms with Crippen LogP contribution in [0.5, 0.6) is 0 Å². The first kappa shape index (κ1) is 12.9. The van der Waals surface area contributed by atoms with Crippen LogP contribution in [-0.4, -0.2) is 6.54 Å². The Morgan fingerprint density at radius 2 is 1.88 bits per heavy atom. The minimum absolute atomic E-state index is 0.502. The molecule has 0 amide bonds. The van der Waals surface area contributed by atoms with E-state index in [-0.39, 0.29) is 0 Å². The molecule has 17 heavy (non-hydrogen) atoms. The summed E-state index contributed by atoms with van der Waals surface area (Å²) in [6, 6.07) is 8.24. The second kappa shape index (κ2) is 5.88. The second-order valence-corrected chi connectivity index (χ2v) is 5.76. The van der Waals surface area contributed by atoms with Crippen LogP contribution in [0.3, 0.4) is 0 Å². The maximum Gasteiger partial charge on any atom is 0.0406 e. The average Bonchev–Trinajstić information content (AvgIpc) is 2.35. The summed E-state index contributed by atoms with van der Waals surface area (Å²) in [5.41, 5.74) is 7.36. The van der Waals surface area contributed by atoms with Gasteiger partial charge in [0.15, 0.2) is 0 Å². The van der Waals surface area contributed by atoms with Crippen molar-refractivity contribution in [2.75, 3.05) is 6.54 Å². The van der Waals surface area contributed by atoms with Crippen molar-refractivity contribution in [2.24, 2.45) is 17.6 Å². The minimum Gasteiger partial charge on any atom is -0.330 e. The lowest BCUT2D eigenvalue weighted by Crippen LogP contribution is -2.28. The van der Waals surface area contributed by atoms with Gasteiger partial charge in [-0.25, -0.2) is 0 Å². The normalized spacial score (nSPS) is 26.8. The number of nitrogens with two attached hydrogens (primary N) is 1. The van der Waals surface area contributed by atoms with Crippen molar-refractivity contribution in [3.8, 4) is 0 Å². The molecule has 1 aromatic carbocycles. The largest absolute Gasteiger partial charge is 0.330 e. The summed E-state index contributed by atoms with van der Waals surface area (Å²) < 4.78 is 0. The van der Waals surface area contributed by atoms with Crippen LogP contribution in [0.25, 0.3) is 0 Å². The maximum absolute atomic E-state index is 6.00. The van der Waals surface area contributed by atoms with E-state index >= 15 is 0 Å². The van der Waals surface area contributed by atoms with Crippen LogP contribution in [0.1, 0.15) is 44.1 Å². The molecule has 1 fully saturated rings. The first-order valence-electron chi connectivity index (χ1n) is 6.68. The Balaban J connectivity index is 2.17. The number of rotatable bonds is 3. The van der Waals surface area contributed by atoms with Crippen LogP contribution < -0.4 is 5.73 Å². The van der Waals surface area contributed by atoms with Gasteiger partial charge in [-0.15, -0.1) is 0 Å². The molecule has 1 aliphatic carbocycles. The lowest BCUT2D eigenvalue weighted by Gasteiger charge is -2.35. The summed E-state index contributed by atoms with van der Waals surface area (Å²) in [4.78, 5) is 0. The number of benzene rings is 1. The van der Waals surface area contributed by atoms with E-state index in [9.17, 15) is 0 Å². The standard InChI is InChI=1S/C15H22ClN/c1-11-4-2-3-5-14(11)15(10-17)12-6-8-13(16)9-7-12/h6-9,11,14-15H,2-5,10,17H2,1H3. The molecule has 0 aliphatic heterocycles. The van der Waals surface area contributed by atoms with Crippen molar-refractivity contribution in [2.45, 2.75) is 38.5 Å². The van der Waals surface area contributed by atoms with Gasteiger partial charge < -0.3 is 5.73 Å². The minimum atomic E-state index is 0.502. The highest BCUT2D eigenvalue weighted by Gasteiger charge is 2.29. The molecular formula is C15H22ClN. The zero-order valence-corrected chi connectivity index (χ0v) is 11.3. The van der Waals surface area contributed by atoms with Gasteiger partial charge in [0.05, 0.1) is 0 Å². The molecule has 1 aliphatic rings. The van der Waals surface area contributed by atoms with Crippen LogP contribution in [0, 0.1) is 11.8 Å². The summed E-state index contributed by atoms with van der Waals surface area (Å²) in [6.45, 7) is 3.12. The molecule has 2 rings (SSSR count). The van der Waals surface area contributed by atoms with Gasteiger partial charge in [0.2, 0.25) is 0 Å². The van der Waals surface area contributed by atoms with Gasteiger partial charge >= 0.3 is 0 Å². The first-order valence-corrected chi connectivity index (χ1v) is 7.05. The molecule has 0 radical (unpaired) electrons. The Hall–Kier alpha value is -0.530. The third-order valence-corrected chi connectivity index (χ3v) is 4.50. The highest BCUT2D eigenvalue weighted by Crippen LogP contribution is 2.39. The van der Waals surface area contributed by atoms with Crippen molar-refractivity contribution in [3.05, 3.63) is 34.9 Å². The molecule has 3 unspecified atom stereocenters. The number of halogens is 1. The van der Waals surface area contributed by atoms with Crippen molar-refractivity contribution >= 4 is 11.6 Å². The van der Waals surface area contributed by atoms with Gasteiger partial charge in [0, 0.05) is 5.02 Å². The highest BCUT2D eigenvalue weighted by atomic mass is 35.5. The Labute approximate surface area is 109 Å². The molecule has 3 atom stereocenters. The van der Waals surface area contributed by atoms with Gasteiger partial charge in [0.1, 0.15) is 0 Å². The fourth-order valence-corrected chi connectivity index (χ4v) is 3.34. The fraction of sp³-hybridized carbons (Fsp3) is 0.600. The van der Waals surface area contributed by atoms with Gasteiger partial charge in [-0.05, 0) is 48.4 Å². The molecule has 2 N–H and O–H groups in total. The molecule has 1 saturated carbocycles. The van der Waals surface area contributed by atoms with Crippen molar-refractivity contribution in [1.82, 2.24) is 0 Å². The summed E-state index contributed by atoms with van der Waals surface area (Å²) in [5, 5.41) is 0.807. The predicted octanol–water partition coefficient (Wildman–Crippen LogP) is 4.21. The van der Waals surface area contributed by atoms with E-state index in [0.29, 0.717) is 5.92 Å². The van der Waals surface area contributed by atoms with E-state index in [1.54, 1.807) is 0 Å². The molecule has 0 aromatic heterocycles. The molecule has 2 heteroatoms. The molecule has 0 heterocycles. The van der Waals surface area contributed by atoms with Crippen LogP contribution in [0.4, 0.5) is 0 Å². The van der Waals surface area contributed by atoms with E-state index in [0.717, 1.165) is 23.4 Å². The highest BCUT2D eigenvalue weighted by molar-refractivity contribution is 6.30. The predicted molar refractivity (Wildman–Crippen MR) is 74.4 cm³/mol. The maximum atomic E-state index is 6.00. The SMILES string of the molecule is CC1CCCCC1C(CN)c1ccc(Cl)cc1. The third kappa shape index (κ3) is 3.02. The topological polar surface area (TPSA) is 26.0 Å². The third-order valence-electron chi connectivity index (χ3n) is 4.25. The molecular weight excluding hydrogens is 230 g/mol. The van der Waals surface area contributed by atoms with Gasteiger partial charge in [0.25, 0.3) is 0 Å². The summed E-state index contributed by atoms with van der Waals surface area (Å²) in [5.74, 6) is 2.05. The van der Waals surface area contributed by atoms with E-state index < -0.39 is 0 Å². The van der Waals surface area contributed by atoms with Crippen molar-refractivity contribution < 1.29 is 0 Å². The first-order chi connectivity index (χ1) is 8.22. The van der Waals surface area contributed by atoms with E-state index in [2.05, 4.69) is 19.1 Å². The van der Waals surface area contributed by atoms with E-state index in [1.807, 2.05) is 12.1 Å².